The number of nitrogens with zero attached hydrogens (tertiary/aromatic N) is 4. The number of hydrogen-bond acceptors (Lipinski definition) is 6. The summed E-state index contributed by atoms with van der Waals surface area (Å²) in [7, 11) is -10.7. The first-order valence-corrected chi connectivity index (χ1v) is 12.9. The molecule has 0 radical (unpaired) electrons. The van der Waals surface area contributed by atoms with E-state index < -0.39 is 19.3 Å². The van der Waals surface area contributed by atoms with Crippen LogP contribution in [0.5, 0.6) is 11.5 Å². The first-order chi connectivity index (χ1) is 18.2. The molecule has 0 saturated heterocycles. The van der Waals surface area contributed by atoms with Crippen LogP contribution in [0.2, 0.25) is 0 Å². The average molecular weight is 756 g/mol. The van der Waals surface area contributed by atoms with Crippen molar-refractivity contribution in [3.05, 3.63) is 122 Å². The summed E-state index contributed by atoms with van der Waals surface area (Å²) in [6, 6.07) is 28.8. The van der Waals surface area contributed by atoms with E-state index in [1.165, 1.54) is 12.1 Å². The summed E-state index contributed by atoms with van der Waals surface area (Å²) in [4.78, 5) is 16.7. The van der Waals surface area contributed by atoms with Crippen LogP contribution >= 0.6 is 7.81 Å². The summed E-state index contributed by atoms with van der Waals surface area (Å²) in [5, 5.41) is 20.6. The van der Waals surface area contributed by atoms with Gasteiger partial charge in [-0.3, -0.25) is 19.9 Å². The van der Waals surface area contributed by atoms with Gasteiger partial charge in [0, 0.05) is 44.6 Å². The van der Waals surface area contributed by atoms with Crippen molar-refractivity contribution in [3.8, 4) is 34.3 Å². The van der Waals surface area contributed by atoms with Gasteiger partial charge < -0.3 is 10.2 Å². The van der Waals surface area contributed by atoms with Crippen molar-refractivity contribution in [2.24, 2.45) is 0 Å². The van der Waals surface area contributed by atoms with Crippen molar-refractivity contribution in [3.63, 3.8) is 0 Å². The Morgan fingerprint density at radius 1 is 0.400 bits per heavy atom. The Labute approximate surface area is 238 Å². The van der Waals surface area contributed by atoms with Gasteiger partial charge in [-0.1, -0.05) is 48.5 Å². The molecule has 5 aromatic rings. The SMILES string of the molecule is F[P-](F)(F)(F)(F)F.[O-]c1ccccc1[O-].[Os].c1ccc(-c2ccccn2)nc1.c1ccc(-c2ccccn2)nc1. The van der Waals surface area contributed by atoms with Gasteiger partial charge in [0.15, 0.2) is 0 Å². The van der Waals surface area contributed by atoms with Crippen molar-refractivity contribution >= 4 is 7.81 Å². The molecule has 14 heteroatoms. The van der Waals surface area contributed by atoms with Gasteiger partial charge in [-0.15, -0.1) is 11.5 Å². The van der Waals surface area contributed by atoms with Gasteiger partial charge in [-0.2, -0.15) is 0 Å². The van der Waals surface area contributed by atoms with Gasteiger partial charge in [-0.25, -0.2) is 0 Å². The third-order valence-electron chi connectivity index (χ3n) is 4.03. The van der Waals surface area contributed by atoms with Crippen LogP contribution in [0.3, 0.4) is 0 Å². The summed E-state index contributed by atoms with van der Waals surface area (Å²) in [6.45, 7) is 0. The molecule has 4 aromatic heterocycles. The van der Waals surface area contributed by atoms with Crippen molar-refractivity contribution < 1.29 is 55.2 Å². The van der Waals surface area contributed by atoms with Gasteiger partial charge in [0.05, 0.1) is 22.8 Å². The van der Waals surface area contributed by atoms with Crippen molar-refractivity contribution in [2.75, 3.05) is 0 Å². The fourth-order valence-electron chi connectivity index (χ4n) is 2.51. The fraction of sp³-hybridized carbons (Fsp3) is 0. The van der Waals surface area contributed by atoms with Crippen molar-refractivity contribution in [1.29, 1.82) is 0 Å². The first kappa shape index (κ1) is 34.1. The third-order valence-corrected chi connectivity index (χ3v) is 4.03. The summed E-state index contributed by atoms with van der Waals surface area (Å²) in [5.41, 5.74) is 3.66. The van der Waals surface area contributed by atoms with Crippen LogP contribution in [0, 0.1) is 0 Å². The van der Waals surface area contributed by atoms with Gasteiger partial charge in [0.1, 0.15) is 0 Å². The van der Waals surface area contributed by atoms with Gasteiger partial charge in [0.25, 0.3) is 0 Å². The predicted molar refractivity (Wildman–Crippen MR) is 134 cm³/mol. The van der Waals surface area contributed by atoms with E-state index >= 15 is 0 Å². The summed E-state index contributed by atoms with van der Waals surface area (Å²) < 4.78 is 59.2. The van der Waals surface area contributed by atoms with E-state index in [0.29, 0.717) is 0 Å². The Hall–Kier alpha value is -3.93. The molecule has 0 spiro atoms. The average Bonchev–Trinajstić information content (AvgIpc) is 2.91. The van der Waals surface area contributed by atoms with Crippen molar-refractivity contribution in [1.82, 2.24) is 19.9 Å². The molecule has 0 aliphatic rings. The normalized spacial score (nSPS) is 11.7. The summed E-state index contributed by atoms with van der Waals surface area (Å²) >= 11 is 0. The van der Waals surface area contributed by atoms with Crippen LogP contribution < -0.4 is 10.2 Å². The van der Waals surface area contributed by atoms with E-state index in [-0.39, 0.29) is 19.8 Å². The Balaban J connectivity index is 0.000000272. The Bertz CT molecular complexity index is 1230. The topological polar surface area (TPSA) is 97.7 Å². The van der Waals surface area contributed by atoms with Crippen LogP contribution in [0.1, 0.15) is 0 Å². The molecule has 4 heterocycles. The van der Waals surface area contributed by atoms with E-state index in [1.54, 1.807) is 36.9 Å². The van der Waals surface area contributed by atoms with Gasteiger partial charge in [-0.05, 0) is 48.5 Å². The Kier molecular flexibility index (Phi) is 12.3. The second-order valence-corrected chi connectivity index (χ2v) is 9.18. The minimum absolute atomic E-state index is 0. The predicted octanol–water partition coefficient (Wildman–Crippen LogP) is 7.50. The molecule has 214 valence electrons. The fourth-order valence-corrected chi connectivity index (χ4v) is 2.51. The van der Waals surface area contributed by atoms with E-state index in [9.17, 15) is 35.4 Å². The zero-order valence-corrected chi connectivity index (χ0v) is 23.7. The van der Waals surface area contributed by atoms with E-state index in [0.717, 1.165) is 22.8 Å². The molecule has 1 aromatic carbocycles. The maximum absolute atomic E-state index is 10.7. The summed E-state index contributed by atoms with van der Waals surface area (Å²) in [5.74, 6) is -0.875. The maximum atomic E-state index is 10.3. The zero-order chi connectivity index (χ0) is 28.8. The Morgan fingerprint density at radius 2 is 0.600 bits per heavy atom. The molecule has 40 heavy (non-hydrogen) atoms. The second-order valence-electron chi connectivity index (χ2n) is 7.26. The number of halogens is 6. The number of benzene rings is 1. The van der Waals surface area contributed by atoms with Gasteiger partial charge in [0.2, 0.25) is 0 Å². The number of rotatable bonds is 2. The molecule has 0 bridgehead atoms. The van der Waals surface area contributed by atoms with Crippen LogP contribution in [0.25, 0.3) is 22.8 Å². The molecular formula is C26H20F6N4O2OsP-3. The number of hydrogen-bond donors (Lipinski definition) is 0. The minimum Gasteiger partial charge on any atom is -0.873 e. The van der Waals surface area contributed by atoms with Gasteiger partial charge >= 0.3 is 33.0 Å². The molecule has 0 unspecified atom stereocenters. The molecule has 0 fully saturated rings. The van der Waals surface area contributed by atoms with Crippen LogP contribution in [-0.4, -0.2) is 19.9 Å². The standard InChI is InChI=1S/2C10H8N2.C6H6O2.F6P.Os/c2*1-3-7-11-9(5-1)10-6-2-4-8-12-10;7-5-3-1-2-4-6(5)8;1-7(2,3,4,5)6;/h2*1-8H;1-4,7-8H;;/q;;;-1;/p-2. The second kappa shape index (κ2) is 14.5. The van der Waals surface area contributed by atoms with E-state index in [1.807, 2.05) is 72.8 Å². The monoisotopic (exact) mass is 757 g/mol. The molecule has 0 N–H and O–H groups in total. The molecule has 5 rings (SSSR count). The molecule has 0 atom stereocenters. The molecular weight excluding hydrogens is 736 g/mol. The molecule has 0 amide bonds. The maximum Gasteiger partial charge on any atom is 0.0886 e. The molecule has 6 nitrogen and oxygen atoms in total. The van der Waals surface area contributed by atoms with Crippen LogP contribution in [-0.2, 0) is 19.8 Å². The quantitative estimate of drug-likeness (QED) is 0.137. The Morgan fingerprint density at radius 3 is 0.750 bits per heavy atom. The number of aromatic nitrogens is 4. The van der Waals surface area contributed by atoms with E-state index in [4.69, 9.17) is 0 Å². The minimum atomic E-state index is -10.7. The number of pyridine rings is 4. The van der Waals surface area contributed by atoms with E-state index in [2.05, 4.69) is 19.9 Å². The van der Waals surface area contributed by atoms with Crippen LogP contribution in [0.4, 0.5) is 25.2 Å². The van der Waals surface area contributed by atoms with Crippen molar-refractivity contribution in [2.45, 2.75) is 0 Å². The molecule has 0 saturated carbocycles. The smallest absolute Gasteiger partial charge is 0.0886 e. The van der Waals surface area contributed by atoms with Crippen LogP contribution in [0.15, 0.2) is 122 Å². The first-order valence-electron chi connectivity index (χ1n) is 10.8. The zero-order valence-electron chi connectivity index (χ0n) is 20.2. The third kappa shape index (κ3) is 16.8. The molecule has 0 aliphatic carbocycles. The summed E-state index contributed by atoms with van der Waals surface area (Å²) in [6.07, 6.45) is 7.07. The number of para-hydroxylation sites is 2. The largest absolute Gasteiger partial charge is 0.873 e. The molecule has 0 aliphatic heterocycles.